The highest BCUT2D eigenvalue weighted by Gasteiger charge is 2.27. The van der Waals surface area contributed by atoms with E-state index < -0.39 is 10.9 Å². The van der Waals surface area contributed by atoms with Gasteiger partial charge in [-0.25, -0.2) is 0 Å². The molecule has 1 aliphatic heterocycles. The van der Waals surface area contributed by atoms with Crippen LogP contribution in [0.25, 0.3) is 0 Å². The first kappa shape index (κ1) is 23.3. The molecule has 9 heteroatoms. The second-order valence-electron chi connectivity index (χ2n) is 8.90. The number of carbonyl (C=O) groups excluding carboxylic acids is 1. The van der Waals surface area contributed by atoms with Crippen LogP contribution in [-0.4, -0.2) is 53.1 Å². The number of anilines is 4. The number of rotatable bonds is 7. The van der Waals surface area contributed by atoms with Crippen LogP contribution in [0.1, 0.15) is 31.1 Å². The second-order valence-corrected chi connectivity index (χ2v) is 8.90. The summed E-state index contributed by atoms with van der Waals surface area (Å²) < 4.78 is 0. The molecule has 0 unspecified atom stereocenters. The fourth-order valence-electron chi connectivity index (χ4n) is 3.89. The number of hydrogen-bond acceptors (Lipinski definition) is 8. The van der Waals surface area contributed by atoms with Crippen LogP contribution in [0.3, 0.4) is 0 Å². The molecule has 1 fully saturated rings. The third-order valence-electron chi connectivity index (χ3n) is 6.40. The number of nitrogens with zero attached hydrogens (tertiary/aromatic N) is 3. The molecule has 1 atom stereocenters. The van der Waals surface area contributed by atoms with Gasteiger partial charge in [0.2, 0.25) is 0 Å². The molecule has 1 aromatic heterocycles. The summed E-state index contributed by atoms with van der Waals surface area (Å²) in [6.07, 6.45) is 3.48. The van der Waals surface area contributed by atoms with Crippen molar-refractivity contribution in [1.82, 2.24) is 9.88 Å². The Morgan fingerprint density at radius 2 is 1.62 bits per heavy atom. The number of hydrogen-bond donors (Lipinski definition) is 3. The molecule has 1 amide bonds. The van der Waals surface area contributed by atoms with E-state index in [1.165, 1.54) is 0 Å². The monoisotopic (exact) mass is 463 g/mol. The van der Waals surface area contributed by atoms with Crippen LogP contribution in [0.15, 0.2) is 52.3 Å². The number of nitrogens with one attached hydrogen (secondary N) is 2. The van der Waals surface area contributed by atoms with Gasteiger partial charge in [0.1, 0.15) is 11.4 Å². The smallest absolute Gasteiger partial charge is 0.257 e. The molecule has 0 radical (unpaired) electrons. The molecular formula is C25H29N5O4. The van der Waals surface area contributed by atoms with E-state index in [0.717, 1.165) is 5.69 Å². The number of para-hydroxylation sites is 1. The van der Waals surface area contributed by atoms with Gasteiger partial charge in [0.05, 0.1) is 11.3 Å². The van der Waals surface area contributed by atoms with Gasteiger partial charge in [-0.3, -0.25) is 19.4 Å². The largest absolute Gasteiger partial charge is 0.505 e. The summed E-state index contributed by atoms with van der Waals surface area (Å²) in [7, 11) is 0. The second kappa shape index (κ2) is 9.54. The summed E-state index contributed by atoms with van der Waals surface area (Å²) in [6, 6.07) is 8.61. The number of phenols is 1. The van der Waals surface area contributed by atoms with Crippen molar-refractivity contribution in [3.8, 4) is 5.75 Å². The predicted octanol–water partition coefficient (Wildman–Crippen LogP) is 2.55. The Labute approximate surface area is 197 Å². The first-order chi connectivity index (χ1) is 16.3. The minimum absolute atomic E-state index is 0.0174. The van der Waals surface area contributed by atoms with E-state index in [1.807, 2.05) is 32.9 Å². The fourth-order valence-corrected chi connectivity index (χ4v) is 3.89. The zero-order valence-electron chi connectivity index (χ0n) is 19.5. The van der Waals surface area contributed by atoms with Crippen molar-refractivity contribution in [3.05, 3.63) is 68.7 Å². The van der Waals surface area contributed by atoms with E-state index in [-0.39, 0.29) is 46.2 Å². The number of piperazine rings is 1. The van der Waals surface area contributed by atoms with E-state index >= 15 is 0 Å². The van der Waals surface area contributed by atoms with E-state index in [1.54, 1.807) is 35.5 Å². The molecule has 178 valence electrons. The van der Waals surface area contributed by atoms with Crippen molar-refractivity contribution in [2.45, 2.75) is 26.8 Å². The Bertz CT molecular complexity index is 1240. The highest BCUT2D eigenvalue weighted by atomic mass is 16.3. The van der Waals surface area contributed by atoms with E-state index in [9.17, 15) is 19.5 Å². The summed E-state index contributed by atoms with van der Waals surface area (Å²) in [4.78, 5) is 45.3. The summed E-state index contributed by atoms with van der Waals surface area (Å²) in [6.45, 7) is 8.30. The Kier molecular flexibility index (Phi) is 6.54. The van der Waals surface area contributed by atoms with Gasteiger partial charge in [0.25, 0.3) is 16.8 Å². The normalized spacial score (nSPS) is 14.9. The lowest BCUT2D eigenvalue weighted by molar-refractivity contribution is 0.0744. The van der Waals surface area contributed by atoms with Gasteiger partial charge in [0, 0.05) is 50.3 Å². The van der Waals surface area contributed by atoms with Gasteiger partial charge in [-0.05, 0) is 37.1 Å². The number of aromatic hydroxyl groups is 1. The molecule has 3 N–H and O–H groups in total. The maximum Gasteiger partial charge on any atom is 0.257 e. The zero-order valence-corrected chi connectivity index (χ0v) is 19.5. The van der Waals surface area contributed by atoms with E-state index in [2.05, 4.69) is 20.5 Å². The Morgan fingerprint density at radius 3 is 2.26 bits per heavy atom. The lowest BCUT2D eigenvalue weighted by atomic mass is 10.0. The van der Waals surface area contributed by atoms with Gasteiger partial charge in [0.15, 0.2) is 5.75 Å². The Morgan fingerprint density at radius 1 is 0.971 bits per heavy atom. The van der Waals surface area contributed by atoms with Crippen molar-refractivity contribution >= 4 is 28.7 Å². The van der Waals surface area contributed by atoms with Crippen LogP contribution >= 0.6 is 0 Å². The van der Waals surface area contributed by atoms with Crippen LogP contribution in [0, 0.1) is 5.92 Å². The molecule has 1 aliphatic rings. The van der Waals surface area contributed by atoms with Crippen LogP contribution in [0.5, 0.6) is 5.75 Å². The van der Waals surface area contributed by atoms with E-state index in [0.29, 0.717) is 26.2 Å². The topological polar surface area (TPSA) is 115 Å². The zero-order chi connectivity index (χ0) is 24.4. The number of pyridine rings is 1. The number of aromatic nitrogens is 1. The fraction of sp³-hybridized carbons (Fsp3) is 0.360. The van der Waals surface area contributed by atoms with Crippen molar-refractivity contribution in [2.75, 3.05) is 41.7 Å². The van der Waals surface area contributed by atoms with Crippen LogP contribution < -0.4 is 26.4 Å². The average molecular weight is 464 g/mol. The van der Waals surface area contributed by atoms with Crippen LogP contribution in [0.4, 0.5) is 22.7 Å². The van der Waals surface area contributed by atoms with Crippen LogP contribution in [-0.2, 0) is 0 Å². The van der Waals surface area contributed by atoms with Gasteiger partial charge in [-0.1, -0.05) is 19.9 Å². The summed E-state index contributed by atoms with van der Waals surface area (Å²) >= 11 is 0. The standard InChI is InChI=1S/C25H29N5O4/c1-15(2)16(3)27-20-21(24(33)23(20)32)28-19-6-4-5-18(22(19)31)25(34)30-13-11-29(12-14-30)17-7-9-26-10-8-17/h4-10,15-16,27-28,31H,11-14H2,1-3H3/t16-/m0/s1. The number of amides is 1. The maximum atomic E-state index is 13.2. The molecule has 9 nitrogen and oxygen atoms in total. The Hall–Kier alpha value is -3.88. The molecule has 0 aliphatic carbocycles. The molecule has 4 rings (SSSR count). The molecule has 0 bridgehead atoms. The van der Waals surface area contributed by atoms with Gasteiger partial charge >= 0.3 is 0 Å². The molecular weight excluding hydrogens is 434 g/mol. The van der Waals surface area contributed by atoms with Gasteiger partial charge in [-0.15, -0.1) is 0 Å². The van der Waals surface area contributed by atoms with Crippen molar-refractivity contribution in [1.29, 1.82) is 0 Å². The molecule has 1 saturated heterocycles. The maximum absolute atomic E-state index is 13.2. The third-order valence-corrected chi connectivity index (χ3v) is 6.40. The number of carbonyl (C=O) groups is 1. The first-order valence-corrected chi connectivity index (χ1v) is 11.4. The lowest BCUT2D eigenvalue weighted by Gasteiger charge is -2.36. The highest BCUT2D eigenvalue weighted by Crippen LogP contribution is 2.32. The third kappa shape index (κ3) is 4.46. The molecule has 0 saturated carbocycles. The summed E-state index contributed by atoms with van der Waals surface area (Å²) in [5.74, 6) is -0.280. The number of benzene rings is 1. The van der Waals surface area contributed by atoms with Crippen molar-refractivity contribution in [2.24, 2.45) is 5.92 Å². The summed E-state index contributed by atoms with van der Waals surface area (Å²) in [5, 5.41) is 16.8. The van der Waals surface area contributed by atoms with Crippen molar-refractivity contribution < 1.29 is 9.90 Å². The molecule has 2 heterocycles. The SMILES string of the molecule is CC(C)[C@H](C)Nc1c(Nc2cccc(C(=O)N3CCN(c4ccncc4)CC3)c2O)c(=O)c1=O. The predicted molar refractivity (Wildman–Crippen MR) is 133 cm³/mol. The molecule has 2 aromatic carbocycles. The van der Waals surface area contributed by atoms with Crippen molar-refractivity contribution in [3.63, 3.8) is 0 Å². The quantitative estimate of drug-likeness (QED) is 0.362. The molecule has 34 heavy (non-hydrogen) atoms. The first-order valence-electron chi connectivity index (χ1n) is 11.4. The lowest BCUT2D eigenvalue weighted by Crippen LogP contribution is -2.48. The molecule has 3 aromatic rings. The number of phenolic OH excluding ortho intramolecular Hbond substituents is 1. The van der Waals surface area contributed by atoms with E-state index in [4.69, 9.17) is 0 Å². The van der Waals surface area contributed by atoms with Crippen LogP contribution in [0.2, 0.25) is 0 Å². The minimum atomic E-state index is -0.651. The highest BCUT2D eigenvalue weighted by molar-refractivity contribution is 5.99. The molecule has 0 spiro atoms. The Balaban J connectivity index is 1.48. The summed E-state index contributed by atoms with van der Waals surface area (Å²) in [5.41, 5.74) is 0.466. The van der Waals surface area contributed by atoms with Gasteiger partial charge in [-0.2, -0.15) is 0 Å². The average Bonchev–Trinajstić information content (AvgIpc) is 2.86. The minimum Gasteiger partial charge on any atom is -0.505 e. The van der Waals surface area contributed by atoms with Gasteiger partial charge < -0.3 is 25.5 Å².